The lowest BCUT2D eigenvalue weighted by molar-refractivity contribution is -0.121. The average Bonchev–Trinajstić information content (AvgIpc) is 3.01. The molecule has 6 nitrogen and oxygen atoms in total. The molecule has 2 atom stereocenters. The minimum atomic E-state index is -0.416. The summed E-state index contributed by atoms with van der Waals surface area (Å²) in [6, 6.07) is 7.01. The number of nitrogens with one attached hydrogen (secondary N) is 2. The lowest BCUT2D eigenvalue weighted by atomic mass is 10.1. The molecule has 1 heterocycles. The first-order valence-corrected chi connectivity index (χ1v) is 8.51. The standard InChI is InChI=1S/C18H26N2O4.ClH/c1-2-9-24-15-5-3-13(4-6-15)16(21)7-8-18(23)20-11-14-10-19-12-17(14)22;/h3-6,14,17,19,22H,2,7-12H2,1H3,(H,20,23);1H. The molecule has 3 N–H and O–H groups in total. The van der Waals surface area contributed by atoms with Crippen LogP contribution >= 0.6 is 12.4 Å². The highest BCUT2D eigenvalue weighted by atomic mass is 35.5. The summed E-state index contributed by atoms with van der Waals surface area (Å²) < 4.78 is 5.48. The first-order chi connectivity index (χ1) is 11.6. The van der Waals surface area contributed by atoms with E-state index in [1.54, 1.807) is 24.3 Å². The van der Waals surface area contributed by atoms with Gasteiger partial charge in [-0.2, -0.15) is 0 Å². The zero-order chi connectivity index (χ0) is 17.4. The number of hydrogen-bond acceptors (Lipinski definition) is 5. The van der Waals surface area contributed by atoms with Gasteiger partial charge in [0.2, 0.25) is 5.91 Å². The molecule has 140 valence electrons. The third-order valence-corrected chi connectivity index (χ3v) is 4.09. The van der Waals surface area contributed by atoms with Gasteiger partial charge in [-0.05, 0) is 30.7 Å². The van der Waals surface area contributed by atoms with Gasteiger partial charge < -0.3 is 20.5 Å². The van der Waals surface area contributed by atoms with Crippen molar-refractivity contribution in [2.75, 3.05) is 26.2 Å². The Morgan fingerprint density at radius 2 is 1.96 bits per heavy atom. The van der Waals surface area contributed by atoms with Gasteiger partial charge in [0.1, 0.15) is 5.75 Å². The van der Waals surface area contributed by atoms with Crippen molar-refractivity contribution in [3.8, 4) is 5.75 Å². The third kappa shape index (κ3) is 7.02. The zero-order valence-electron chi connectivity index (χ0n) is 14.5. The van der Waals surface area contributed by atoms with E-state index in [9.17, 15) is 14.7 Å². The molecule has 1 aliphatic heterocycles. The highest BCUT2D eigenvalue weighted by Crippen LogP contribution is 2.14. The third-order valence-electron chi connectivity index (χ3n) is 4.09. The second-order valence-electron chi connectivity index (χ2n) is 6.09. The van der Waals surface area contributed by atoms with Crippen molar-refractivity contribution < 1.29 is 19.4 Å². The summed E-state index contributed by atoms with van der Waals surface area (Å²) in [5.41, 5.74) is 0.585. The number of carbonyl (C=O) groups excluding carboxylic acids is 2. The molecule has 0 bridgehead atoms. The molecule has 0 spiro atoms. The fourth-order valence-electron chi connectivity index (χ4n) is 2.59. The van der Waals surface area contributed by atoms with Crippen LogP contribution in [0.5, 0.6) is 5.75 Å². The van der Waals surface area contributed by atoms with Gasteiger partial charge in [0, 0.05) is 44.0 Å². The Morgan fingerprint density at radius 3 is 2.56 bits per heavy atom. The summed E-state index contributed by atoms with van der Waals surface area (Å²) in [6.45, 7) is 4.39. The predicted molar refractivity (Wildman–Crippen MR) is 98.4 cm³/mol. The van der Waals surface area contributed by atoms with Crippen LogP contribution in [-0.4, -0.2) is 49.1 Å². The summed E-state index contributed by atoms with van der Waals surface area (Å²) in [6.07, 6.45) is 0.847. The molecule has 2 unspecified atom stereocenters. The van der Waals surface area contributed by atoms with Crippen molar-refractivity contribution in [3.63, 3.8) is 0 Å². The SMILES string of the molecule is CCCOc1ccc(C(=O)CCC(=O)NCC2CNCC2O)cc1.Cl. The molecule has 0 radical (unpaired) electrons. The zero-order valence-corrected chi connectivity index (χ0v) is 15.3. The van der Waals surface area contributed by atoms with Crippen LogP contribution in [0, 0.1) is 5.92 Å². The highest BCUT2D eigenvalue weighted by molar-refractivity contribution is 5.98. The minimum Gasteiger partial charge on any atom is -0.494 e. The van der Waals surface area contributed by atoms with Crippen molar-refractivity contribution in [2.24, 2.45) is 5.92 Å². The number of carbonyl (C=O) groups is 2. The maximum absolute atomic E-state index is 12.1. The molecule has 0 saturated carbocycles. The number of β-amino-alcohol motifs (C(OH)–C–C–N with tert-alkyl or cyclic N) is 1. The van der Waals surface area contributed by atoms with E-state index in [1.807, 2.05) is 6.92 Å². The number of ketones is 1. The highest BCUT2D eigenvalue weighted by Gasteiger charge is 2.25. The van der Waals surface area contributed by atoms with Gasteiger partial charge in [0.05, 0.1) is 12.7 Å². The van der Waals surface area contributed by atoms with Crippen LogP contribution in [0.4, 0.5) is 0 Å². The maximum Gasteiger partial charge on any atom is 0.220 e. The quantitative estimate of drug-likeness (QED) is 0.574. The Morgan fingerprint density at radius 1 is 1.24 bits per heavy atom. The summed E-state index contributed by atoms with van der Waals surface area (Å²) in [5, 5.41) is 15.5. The van der Waals surface area contributed by atoms with Gasteiger partial charge >= 0.3 is 0 Å². The van der Waals surface area contributed by atoms with Crippen LogP contribution < -0.4 is 15.4 Å². The number of aliphatic hydroxyl groups excluding tert-OH is 1. The van der Waals surface area contributed by atoms with Crippen molar-refractivity contribution in [3.05, 3.63) is 29.8 Å². The number of benzene rings is 1. The Labute approximate surface area is 154 Å². The Hall–Kier alpha value is -1.63. The van der Waals surface area contributed by atoms with Crippen LogP contribution in [0.25, 0.3) is 0 Å². The summed E-state index contributed by atoms with van der Waals surface area (Å²) >= 11 is 0. The first kappa shape index (κ1) is 21.4. The number of Topliss-reactive ketones (excluding diaryl/α,β-unsaturated/α-hetero) is 1. The van der Waals surface area contributed by atoms with E-state index >= 15 is 0 Å². The minimum absolute atomic E-state index is 0. The van der Waals surface area contributed by atoms with Crippen molar-refractivity contribution in [1.82, 2.24) is 10.6 Å². The van der Waals surface area contributed by atoms with Gasteiger partial charge in [-0.15, -0.1) is 12.4 Å². The maximum atomic E-state index is 12.1. The molecule has 1 amide bonds. The number of amides is 1. The number of rotatable bonds is 9. The fraction of sp³-hybridized carbons (Fsp3) is 0.556. The Kier molecular flexibility index (Phi) is 9.49. The van der Waals surface area contributed by atoms with Gasteiger partial charge in [-0.25, -0.2) is 0 Å². The van der Waals surface area contributed by atoms with E-state index in [4.69, 9.17) is 4.74 Å². The van der Waals surface area contributed by atoms with Crippen LogP contribution in [0.3, 0.4) is 0 Å². The topological polar surface area (TPSA) is 87.7 Å². The number of ether oxygens (including phenoxy) is 1. The molecule has 1 saturated heterocycles. The lowest BCUT2D eigenvalue weighted by Gasteiger charge is -2.13. The van der Waals surface area contributed by atoms with Crippen LogP contribution in [0.1, 0.15) is 36.5 Å². The monoisotopic (exact) mass is 370 g/mol. The second-order valence-corrected chi connectivity index (χ2v) is 6.09. The molecule has 0 aliphatic carbocycles. The van der Waals surface area contributed by atoms with Gasteiger partial charge in [-0.1, -0.05) is 6.92 Å². The van der Waals surface area contributed by atoms with E-state index in [0.29, 0.717) is 31.8 Å². The fourth-order valence-corrected chi connectivity index (χ4v) is 2.59. The predicted octanol–water partition coefficient (Wildman–Crippen LogP) is 1.56. The number of aliphatic hydroxyl groups is 1. The Balaban J connectivity index is 0.00000312. The van der Waals surface area contributed by atoms with Crippen LogP contribution in [0.2, 0.25) is 0 Å². The largest absolute Gasteiger partial charge is 0.494 e. The Bertz CT molecular complexity index is 551. The average molecular weight is 371 g/mol. The van der Waals surface area contributed by atoms with E-state index in [2.05, 4.69) is 10.6 Å². The smallest absolute Gasteiger partial charge is 0.220 e. The van der Waals surface area contributed by atoms with Crippen molar-refractivity contribution in [1.29, 1.82) is 0 Å². The molecule has 7 heteroatoms. The molecular formula is C18H27ClN2O4. The van der Waals surface area contributed by atoms with Crippen LogP contribution in [0.15, 0.2) is 24.3 Å². The van der Waals surface area contributed by atoms with Gasteiger partial charge in [0.25, 0.3) is 0 Å². The van der Waals surface area contributed by atoms with Gasteiger partial charge in [0.15, 0.2) is 5.78 Å². The van der Waals surface area contributed by atoms with E-state index in [0.717, 1.165) is 12.2 Å². The lowest BCUT2D eigenvalue weighted by Crippen LogP contribution is -2.34. The number of halogens is 1. The molecule has 1 aliphatic rings. The van der Waals surface area contributed by atoms with Gasteiger partial charge in [-0.3, -0.25) is 9.59 Å². The van der Waals surface area contributed by atoms with Crippen molar-refractivity contribution >= 4 is 24.1 Å². The summed E-state index contributed by atoms with van der Waals surface area (Å²) in [7, 11) is 0. The summed E-state index contributed by atoms with van der Waals surface area (Å²) in [5.74, 6) is 0.565. The summed E-state index contributed by atoms with van der Waals surface area (Å²) in [4.78, 5) is 23.9. The normalized spacial score (nSPS) is 19.1. The molecule has 0 aromatic heterocycles. The molecule has 1 fully saturated rings. The van der Waals surface area contributed by atoms with Crippen molar-refractivity contribution in [2.45, 2.75) is 32.3 Å². The molecule has 25 heavy (non-hydrogen) atoms. The molecule has 2 rings (SSSR count). The molecule has 1 aromatic rings. The number of hydrogen-bond donors (Lipinski definition) is 3. The van der Waals surface area contributed by atoms with E-state index in [1.165, 1.54) is 0 Å². The molecular weight excluding hydrogens is 344 g/mol. The van der Waals surface area contributed by atoms with Crippen LogP contribution in [-0.2, 0) is 4.79 Å². The molecule has 1 aromatic carbocycles. The van der Waals surface area contributed by atoms with E-state index < -0.39 is 6.10 Å². The first-order valence-electron chi connectivity index (χ1n) is 8.51. The second kappa shape index (κ2) is 11.1. The van der Waals surface area contributed by atoms with E-state index in [-0.39, 0.29) is 42.9 Å².